The molecule has 0 spiro atoms. The second-order valence-electron chi connectivity index (χ2n) is 3.88. The molecule has 0 radical (unpaired) electrons. The number of aliphatic hydroxyl groups is 1. The van der Waals surface area contributed by atoms with Gasteiger partial charge in [-0.05, 0) is 24.3 Å². The first-order valence-electron chi connectivity index (χ1n) is 5.58. The molecule has 4 nitrogen and oxygen atoms in total. The van der Waals surface area contributed by atoms with Gasteiger partial charge in [0.15, 0.2) is 11.6 Å². The topological polar surface area (TPSA) is 72.6 Å². The highest BCUT2D eigenvalue weighted by atomic mass is 19.1. The van der Waals surface area contributed by atoms with Crippen molar-refractivity contribution in [3.63, 3.8) is 0 Å². The van der Waals surface area contributed by atoms with E-state index in [1.807, 2.05) is 0 Å². The number of benzene rings is 2. The molecule has 0 aromatic heterocycles. The van der Waals surface area contributed by atoms with E-state index in [0.717, 1.165) is 6.07 Å². The highest BCUT2D eigenvalue weighted by Crippen LogP contribution is 2.27. The summed E-state index contributed by atoms with van der Waals surface area (Å²) < 4.78 is 19.1. The number of nitrogens with two attached hydrogens (primary N) is 1. The third kappa shape index (κ3) is 2.89. The van der Waals surface area contributed by atoms with E-state index < -0.39 is 11.7 Å². The molecule has 5 heteroatoms. The molecule has 0 aliphatic carbocycles. The lowest BCUT2D eigenvalue weighted by molar-refractivity contribution is 0.1000. The molecule has 98 valence electrons. The summed E-state index contributed by atoms with van der Waals surface area (Å²) >= 11 is 0. The van der Waals surface area contributed by atoms with Crippen molar-refractivity contribution in [3.8, 4) is 11.5 Å². The third-order valence-electron chi connectivity index (χ3n) is 2.58. The number of primary amides is 1. The number of amides is 1. The van der Waals surface area contributed by atoms with Gasteiger partial charge < -0.3 is 15.6 Å². The molecule has 0 heterocycles. The molecular weight excluding hydrogens is 249 g/mol. The molecule has 2 rings (SSSR count). The summed E-state index contributed by atoms with van der Waals surface area (Å²) in [5, 5.41) is 9.15. The lowest BCUT2D eigenvalue weighted by atomic mass is 10.2. The summed E-state index contributed by atoms with van der Waals surface area (Å²) in [4.78, 5) is 10.9. The molecule has 0 bridgehead atoms. The summed E-state index contributed by atoms with van der Waals surface area (Å²) in [6, 6.07) is 10.5. The largest absolute Gasteiger partial charge is 0.454 e. The molecular formula is C14H12FNO3. The van der Waals surface area contributed by atoms with Gasteiger partial charge in [0.05, 0.1) is 6.61 Å². The number of rotatable bonds is 4. The Bertz CT molecular complexity index is 613. The first-order valence-corrected chi connectivity index (χ1v) is 5.58. The van der Waals surface area contributed by atoms with Crippen LogP contribution in [0.3, 0.4) is 0 Å². The predicted molar refractivity (Wildman–Crippen MR) is 67.4 cm³/mol. The molecule has 0 aliphatic rings. The fourth-order valence-electron chi connectivity index (χ4n) is 1.59. The Morgan fingerprint density at radius 3 is 2.58 bits per heavy atom. The van der Waals surface area contributed by atoms with Gasteiger partial charge in [0, 0.05) is 11.1 Å². The minimum Gasteiger partial charge on any atom is -0.454 e. The van der Waals surface area contributed by atoms with Gasteiger partial charge in [-0.3, -0.25) is 4.79 Å². The Morgan fingerprint density at radius 1 is 1.21 bits per heavy atom. The number of hydrogen-bond donors (Lipinski definition) is 2. The van der Waals surface area contributed by atoms with Crippen molar-refractivity contribution in [2.45, 2.75) is 6.61 Å². The van der Waals surface area contributed by atoms with Gasteiger partial charge in [-0.1, -0.05) is 18.2 Å². The van der Waals surface area contributed by atoms with Gasteiger partial charge in [0.2, 0.25) is 5.91 Å². The van der Waals surface area contributed by atoms with Crippen LogP contribution in [0.25, 0.3) is 0 Å². The average Bonchev–Trinajstić information content (AvgIpc) is 2.41. The van der Waals surface area contributed by atoms with Crippen molar-refractivity contribution in [1.29, 1.82) is 0 Å². The SMILES string of the molecule is NC(=O)c1ccc(Oc2ccccc2CO)c(F)c1. The van der Waals surface area contributed by atoms with Crippen molar-refractivity contribution in [2.75, 3.05) is 0 Å². The maximum absolute atomic E-state index is 13.7. The number of hydrogen-bond acceptors (Lipinski definition) is 3. The van der Waals surface area contributed by atoms with E-state index in [4.69, 9.17) is 15.6 Å². The van der Waals surface area contributed by atoms with Gasteiger partial charge in [-0.2, -0.15) is 0 Å². The molecule has 19 heavy (non-hydrogen) atoms. The van der Waals surface area contributed by atoms with E-state index in [1.54, 1.807) is 24.3 Å². The summed E-state index contributed by atoms with van der Waals surface area (Å²) in [6.07, 6.45) is 0. The molecule has 0 saturated heterocycles. The van der Waals surface area contributed by atoms with E-state index >= 15 is 0 Å². The van der Waals surface area contributed by atoms with Crippen LogP contribution in [0, 0.1) is 5.82 Å². The second kappa shape index (κ2) is 5.49. The van der Waals surface area contributed by atoms with Gasteiger partial charge in [0.25, 0.3) is 0 Å². The van der Waals surface area contributed by atoms with E-state index in [0.29, 0.717) is 11.3 Å². The molecule has 2 aromatic rings. The van der Waals surface area contributed by atoms with E-state index in [1.165, 1.54) is 12.1 Å². The first kappa shape index (κ1) is 13.0. The van der Waals surface area contributed by atoms with Crippen LogP contribution in [-0.4, -0.2) is 11.0 Å². The van der Waals surface area contributed by atoms with Crippen LogP contribution in [0.5, 0.6) is 11.5 Å². The van der Waals surface area contributed by atoms with Gasteiger partial charge in [-0.15, -0.1) is 0 Å². The number of ether oxygens (including phenoxy) is 1. The Morgan fingerprint density at radius 2 is 1.95 bits per heavy atom. The first-order chi connectivity index (χ1) is 9.11. The van der Waals surface area contributed by atoms with Crippen LogP contribution < -0.4 is 10.5 Å². The van der Waals surface area contributed by atoms with Gasteiger partial charge >= 0.3 is 0 Å². The highest BCUT2D eigenvalue weighted by molar-refractivity contribution is 5.92. The van der Waals surface area contributed by atoms with Crippen molar-refractivity contribution in [3.05, 3.63) is 59.4 Å². The van der Waals surface area contributed by atoms with Crippen LogP contribution in [0.4, 0.5) is 4.39 Å². The molecule has 0 atom stereocenters. The fraction of sp³-hybridized carbons (Fsp3) is 0.0714. The quantitative estimate of drug-likeness (QED) is 0.886. The van der Waals surface area contributed by atoms with Crippen LogP contribution in [-0.2, 0) is 6.61 Å². The molecule has 0 unspecified atom stereocenters. The number of aliphatic hydroxyl groups excluding tert-OH is 1. The van der Waals surface area contributed by atoms with Gasteiger partial charge in [0.1, 0.15) is 5.75 Å². The van der Waals surface area contributed by atoms with Crippen molar-refractivity contribution in [2.24, 2.45) is 5.73 Å². The summed E-state index contributed by atoms with van der Waals surface area (Å²) in [5.74, 6) is -1.08. The zero-order chi connectivity index (χ0) is 13.8. The molecule has 0 fully saturated rings. The maximum atomic E-state index is 13.7. The fourth-order valence-corrected chi connectivity index (χ4v) is 1.59. The Balaban J connectivity index is 2.31. The van der Waals surface area contributed by atoms with Crippen molar-refractivity contribution >= 4 is 5.91 Å². The molecule has 0 aliphatic heterocycles. The minimum absolute atomic E-state index is 0.0362. The molecule has 0 saturated carbocycles. The number of carbonyl (C=O) groups is 1. The second-order valence-corrected chi connectivity index (χ2v) is 3.88. The van der Waals surface area contributed by atoms with Crippen LogP contribution >= 0.6 is 0 Å². The van der Waals surface area contributed by atoms with Crippen molar-refractivity contribution < 1.29 is 19.0 Å². The Hall–Kier alpha value is -2.40. The van der Waals surface area contributed by atoms with E-state index in [9.17, 15) is 9.18 Å². The normalized spacial score (nSPS) is 10.2. The predicted octanol–water partition coefficient (Wildman–Crippen LogP) is 2.21. The van der Waals surface area contributed by atoms with E-state index in [2.05, 4.69) is 0 Å². The Labute approximate surface area is 109 Å². The number of para-hydroxylation sites is 1. The maximum Gasteiger partial charge on any atom is 0.248 e. The van der Waals surface area contributed by atoms with Crippen LogP contribution in [0.1, 0.15) is 15.9 Å². The molecule has 1 amide bonds. The summed E-state index contributed by atoms with van der Waals surface area (Å²) in [7, 11) is 0. The highest BCUT2D eigenvalue weighted by Gasteiger charge is 2.10. The van der Waals surface area contributed by atoms with Crippen molar-refractivity contribution in [1.82, 2.24) is 0 Å². The van der Waals surface area contributed by atoms with Gasteiger partial charge in [-0.25, -0.2) is 4.39 Å². The zero-order valence-electron chi connectivity index (χ0n) is 9.97. The summed E-state index contributed by atoms with van der Waals surface area (Å²) in [5.41, 5.74) is 5.66. The smallest absolute Gasteiger partial charge is 0.248 e. The van der Waals surface area contributed by atoms with Crippen LogP contribution in [0.15, 0.2) is 42.5 Å². The number of carbonyl (C=O) groups excluding carboxylic acids is 1. The lowest BCUT2D eigenvalue weighted by Crippen LogP contribution is -2.11. The number of halogens is 1. The molecule has 3 N–H and O–H groups in total. The summed E-state index contributed by atoms with van der Waals surface area (Å²) in [6.45, 7) is -0.211. The zero-order valence-corrected chi connectivity index (χ0v) is 9.97. The van der Waals surface area contributed by atoms with Crippen LogP contribution in [0.2, 0.25) is 0 Å². The average molecular weight is 261 g/mol. The monoisotopic (exact) mass is 261 g/mol. The Kier molecular flexibility index (Phi) is 3.77. The minimum atomic E-state index is -0.707. The standard InChI is InChI=1S/C14H12FNO3/c15-11-7-9(14(16)18)5-6-13(11)19-12-4-2-1-3-10(12)8-17/h1-7,17H,8H2,(H2,16,18). The third-order valence-corrected chi connectivity index (χ3v) is 2.58. The molecule has 2 aromatic carbocycles. The van der Waals surface area contributed by atoms with E-state index in [-0.39, 0.29) is 17.9 Å². The lowest BCUT2D eigenvalue weighted by Gasteiger charge is -2.10.